The van der Waals surface area contributed by atoms with Gasteiger partial charge in [-0.05, 0) is 18.2 Å². The Morgan fingerprint density at radius 1 is 1.26 bits per heavy atom. The van der Waals surface area contributed by atoms with Crippen molar-refractivity contribution in [1.82, 2.24) is 4.98 Å². The number of nitro groups is 1. The van der Waals surface area contributed by atoms with E-state index in [1.54, 1.807) is 17.5 Å². The number of anilines is 1. The van der Waals surface area contributed by atoms with Gasteiger partial charge in [-0.3, -0.25) is 14.9 Å². The standard InChI is InChI=1S/C18H14FN3O4S/c19-15-8-14(22(24)25)6-7-16(15)26-10-13-11-27-18(21-13)9-17(23)20-12-4-2-1-3-5-12/h1-8,11H,9-10H2,(H,20,23). The second kappa shape index (κ2) is 8.37. The van der Waals surface area contributed by atoms with E-state index in [0.717, 1.165) is 6.07 Å². The summed E-state index contributed by atoms with van der Waals surface area (Å²) in [6, 6.07) is 12.3. The minimum Gasteiger partial charge on any atom is -0.484 e. The van der Waals surface area contributed by atoms with Gasteiger partial charge in [-0.2, -0.15) is 0 Å². The van der Waals surface area contributed by atoms with Crippen molar-refractivity contribution in [3.8, 4) is 5.75 Å². The maximum atomic E-state index is 13.8. The number of non-ortho nitro benzene ring substituents is 1. The molecule has 1 aromatic heterocycles. The van der Waals surface area contributed by atoms with E-state index < -0.39 is 10.7 Å². The monoisotopic (exact) mass is 387 g/mol. The first-order chi connectivity index (χ1) is 13.0. The van der Waals surface area contributed by atoms with Crippen molar-refractivity contribution in [2.24, 2.45) is 0 Å². The van der Waals surface area contributed by atoms with Crippen LogP contribution in [0.2, 0.25) is 0 Å². The molecule has 0 bridgehead atoms. The van der Waals surface area contributed by atoms with Crippen molar-refractivity contribution in [2.75, 3.05) is 5.32 Å². The Bertz CT molecular complexity index is 962. The van der Waals surface area contributed by atoms with Crippen LogP contribution in [0.1, 0.15) is 10.7 Å². The molecule has 3 rings (SSSR count). The highest BCUT2D eigenvalue weighted by molar-refractivity contribution is 7.09. The van der Waals surface area contributed by atoms with E-state index in [2.05, 4.69) is 10.3 Å². The van der Waals surface area contributed by atoms with Crippen molar-refractivity contribution in [3.63, 3.8) is 0 Å². The number of nitrogens with zero attached hydrogens (tertiary/aromatic N) is 2. The van der Waals surface area contributed by atoms with Crippen molar-refractivity contribution >= 4 is 28.6 Å². The summed E-state index contributed by atoms with van der Waals surface area (Å²) < 4.78 is 19.1. The van der Waals surface area contributed by atoms with Crippen LogP contribution in [0.3, 0.4) is 0 Å². The molecule has 0 saturated heterocycles. The van der Waals surface area contributed by atoms with Gasteiger partial charge in [-0.15, -0.1) is 11.3 Å². The predicted octanol–water partition coefficient (Wildman–Crippen LogP) is 3.95. The molecule has 0 spiro atoms. The number of hydrogen-bond acceptors (Lipinski definition) is 6. The molecule has 0 radical (unpaired) electrons. The Balaban J connectivity index is 1.55. The van der Waals surface area contributed by atoms with Gasteiger partial charge in [-0.1, -0.05) is 18.2 Å². The number of nitro benzene ring substituents is 1. The third-order valence-corrected chi connectivity index (χ3v) is 4.37. The molecule has 0 atom stereocenters. The Hall–Kier alpha value is -3.33. The molecule has 7 nitrogen and oxygen atoms in total. The van der Waals surface area contributed by atoms with Crippen molar-refractivity contribution in [3.05, 3.63) is 80.5 Å². The summed E-state index contributed by atoms with van der Waals surface area (Å²) in [4.78, 5) is 26.2. The first-order valence-corrected chi connectivity index (χ1v) is 8.74. The third kappa shape index (κ3) is 5.08. The SMILES string of the molecule is O=C(Cc1nc(COc2ccc([N+](=O)[O-])cc2F)cs1)Nc1ccccc1. The van der Waals surface area contributed by atoms with Crippen LogP contribution in [0.5, 0.6) is 5.75 Å². The normalized spacial score (nSPS) is 10.4. The van der Waals surface area contributed by atoms with Gasteiger partial charge in [0.2, 0.25) is 5.91 Å². The molecule has 0 fully saturated rings. The Labute approximate surface area is 157 Å². The smallest absolute Gasteiger partial charge is 0.272 e. The van der Waals surface area contributed by atoms with Crippen LogP contribution < -0.4 is 10.1 Å². The van der Waals surface area contributed by atoms with Crippen LogP contribution in [0.25, 0.3) is 0 Å². The minimum absolute atomic E-state index is 0.00840. The molecule has 1 N–H and O–H groups in total. The number of nitrogens with one attached hydrogen (secondary N) is 1. The van der Waals surface area contributed by atoms with E-state index in [0.29, 0.717) is 16.4 Å². The van der Waals surface area contributed by atoms with Crippen molar-refractivity contribution < 1.29 is 18.8 Å². The zero-order valence-electron chi connectivity index (χ0n) is 13.9. The summed E-state index contributed by atoms with van der Waals surface area (Å²) in [7, 11) is 0. The lowest BCUT2D eigenvalue weighted by atomic mass is 10.3. The largest absolute Gasteiger partial charge is 0.484 e. The number of aromatic nitrogens is 1. The number of ether oxygens (including phenoxy) is 1. The van der Waals surface area contributed by atoms with Crippen LogP contribution in [-0.4, -0.2) is 15.8 Å². The molecule has 3 aromatic rings. The maximum absolute atomic E-state index is 13.8. The molecule has 0 aliphatic heterocycles. The van der Waals surface area contributed by atoms with Gasteiger partial charge in [0.05, 0.1) is 23.1 Å². The van der Waals surface area contributed by atoms with Gasteiger partial charge < -0.3 is 10.1 Å². The maximum Gasteiger partial charge on any atom is 0.272 e. The van der Waals surface area contributed by atoms with E-state index in [1.165, 1.54) is 23.5 Å². The molecular weight excluding hydrogens is 373 g/mol. The molecule has 0 aliphatic rings. The fourth-order valence-electron chi connectivity index (χ4n) is 2.23. The summed E-state index contributed by atoms with van der Waals surface area (Å²) in [6.07, 6.45) is 0.117. The predicted molar refractivity (Wildman–Crippen MR) is 98.3 cm³/mol. The van der Waals surface area contributed by atoms with Gasteiger partial charge in [0, 0.05) is 17.1 Å². The summed E-state index contributed by atoms with van der Waals surface area (Å²) in [5, 5.41) is 15.7. The zero-order chi connectivity index (χ0) is 19.2. The molecule has 0 unspecified atom stereocenters. The van der Waals surface area contributed by atoms with Crippen molar-refractivity contribution in [1.29, 1.82) is 0 Å². The lowest BCUT2D eigenvalue weighted by molar-refractivity contribution is -0.385. The highest BCUT2D eigenvalue weighted by Gasteiger charge is 2.13. The molecule has 2 aromatic carbocycles. The zero-order valence-corrected chi connectivity index (χ0v) is 14.7. The van der Waals surface area contributed by atoms with E-state index in [4.69, 9.17) is 4.74 Å². The highest BCUT2D eigenvalue weighted by atomic mass is 32.1. The number of amides is 1. The van der Waals surface area contributed by atoms with E-state index in [-0.39, 0.29) is 30.4 Å². The van der Waals surface area contributed by atoms with Crippen LogP contribution in [0, 0.1) is 15.9 Å². The van der Waals surface area contributed by atoms with Crippen LogP contribution in [0.4, 0.5) is 15.8 Å². The van der Waals surface area contributed by atoms with Gasteiger partial charge in [0.1, 0.15) is 11.6 Å². The number of halogens is 1. The molecule has 27 heavy (non-hydrogen) atoms. The van der Waals surface area contributed by atoms with E-state index in [1.807, 2.05) is 18.2 Å². The Morgan fingerprint density at radius 2 is 2.04 bits per heavy atom. The second-order valence-electron chi connectivity index (χ2n) is 5.48. The molecular formula is C18H14FN3O4S. The number of para-hydroxylation sites is 1. The highest BCUT2D eigenvalue weighted by Crippen LogP contribution is 2.23. The van der Waals surface area contributed by atoms with Crippen LogP contribution in [0.15, 0.2) is 53.9 Å². The number of thiazole rings is 1. The van der Waals surface area contributed by atoms with Gasteiger partial charge in [0.15, 0.2) is 11.6 Å². The molecule has 1 amide bonds. The van der Waals surface area contributed by atoms with Crippen LogP contribution in [-0.2, 0) is 17.8 Å². The quantitative estimate of drug-likeness (QED) is 0.489. The second-order valence-corrected chi connectivity index (χ2v) is 6.43. The lowest BCUT2D eigenvalue weighted by Crippen LogP contribution is -2.14. The number of carbonyl (C=O) groups is 1. The third-order valence-electron chi connectivity index (χ3n) is 3.47. The van der Waals surface area contributed by atoms with Gasteiger partial charge >= 0.3 is 0 Å². The van der Waals surface area contributed by atoms with Crippen molar-refractivity contribution in [2.45, 2.75) is 13.0 Å². The van der Waals surface area contributed by atoms with Gasteiger partial charge in [0.25, 0.3) is 5.69 Å². The molecule has 9 heteroatoms. The molecule has 1 heterocycles. The first-order valence-electron chi connectivity index (χ1n) is 7.86. The summed E-state index contributed by atoms with van der Waals surface area (Å²) in [5.41, 5.74) is 0.900. The number of rotatable bonds is 7. The minimum atomic E-state index is -0.818. The lowest BCUT2D eigenvalue weighted by Gasteiger charge is -2.05. The first kappa shape index (κ1) is 18.5. The Kier molecular flexibility index (Phi) is 5.72. The molecule has 0 saturated carbocycles. The summed E-state index contributed by atoms with van der Waals surface area (Å²) >= 11 is 1.30. The topological polar surface area (TPSA) is 94.4 Å². The average molecular weight is 387 g/mol. The average Bonchev–Trinajstić information content (AvgIpc) is 3.08. The van der Waals surface area contributed by atoms with Gasteiger partial charge in [-0.25, -0.2) is 9.37 Å². The van der Waals surface area contributed by atoms with Crippen LogP contribution >= 0.6 is 11.3 Å². The number of carbonyl (C=O) groups excluding carboxylic acids is 1. The van der Waals surface area contributed by atoms with E-state index in [9.17, 15) is 19.3 Å². The summed E-state index contributed by atoms with van der Waals surface area (Å²) in [5.74, 6) is -1.11. The number of hydrogen-bond donors (Lipinski definition) is 1. The fraction of sp³-hybridized carbons (Fsp3) is 0.111. The summed E-state index contributed by atoms with van der Waals surface area (Å²) in [6.45, 7) is -0.00840. The fourth-order valence-corrected chi connectivity index (χ4v) is 3.01. The van der Waals surface area contributed by atoms with E-state index >= 15 is 0 Å². The molecule has 0 aliphatic carbocycles. The number of benzene rings is 2. The molecule has 138 valence electrons. The Morgan fingerprint density at radius 3 is 2.74 bits per heavy atom.